The van der Waals surface area contributed by atoms with Crippen molar-refractivity contribution in [2.75, 3.05) is 0 Å². The van der Waals surface area contributed by atoms with Gasteiger partial charge in [0.25, 0.3) is 6.47 Å². The SMILES string of the molecule is Fc1ccc2cc1-2.O=CO. The zero-order valence-corrected chi connectivity index (χ0v) is 5.04. The van der Waals surface area contributed by atoms with E-state index in [2.05, 4.69) is 0 Å². The van der Waals surface area contributed by atoms with Crippen LogP contribution in [0.3, 0.4) is 0 Å². The molecular formula is C7H5FO2. The molecule has 2 aliphatic rings. The van der Waals surface area contributed by atoms with Crippen molar-refractivity contribution in [2.24, 2.45) is 0 Å². The van der Waals surface area contributed by atoms with Crippen LogP contribution in [-0.2, 0) is 4.79 Å². The molecule has 0 spiro atoms. The van der Waals surface area contributed by atoms with Gasteiger partial charge in [0.05, 0.1) is 0 Å². The second-order valence-corrected chi connectivity index (χ2v) is 1.80. The van der Waals surface area contributed by atoms with Crippen molar-refractivity contribution in [1.82, 2.24) is 0 Å². The Kier molecular flexibility index (Phi) is 1.67. The zero-order valence-electron chi connectivity index (χ0n) is 5.04. The molecule has 3 heteroatoms. The average Bonchev–Trinajstić information content (AvgIpc) is 2.57. The second kappa shape index (κ2) is 2.47. The van der Waals surface area contributed by atoms with E-state index in [-0.39, 0.29) is 12.3 Å². The van der Waals surface area contributed by atoms with Gasteiger partial charge in [0.2, 0.25) is 0 Å². The number of benzene rings is 1. The first-order chi connectivity index (χ1) is 4.79. The van der Waals surface area contributed by atoms with Gasteiger partial charge < -0.3 is 5.11 Å². The number of rotatable bonds is 0. The van der Waals surface area contributed by atoms with E-state index in [1.54, 1.807) is 6.07 Å². The Morgan fingerprint density at radius 3 is 2.20 bits per heavy atom. The number of fused-ring (bicyclic) bond motifs is 1. The molecule has 0 saturated heterocycles. The van der Waals surface area contributed by atoms with Gasteiger partial charge in [-0.25, -0.2) is 4.39 Å². The molecule has 2 rings (SSSR count). The topological polar surface area (TPSA) is 37.3 Å². The largest absolute Gasteiger partial charge is 0.483 e. The summed E-state index contributed by atoms with van der Waals surface area (Å²) in [6.45, 7) is -0.250. The summed E-state index contributed by atoms with van der Waals surface area (Å²) in [5.41, 5.74) is 1.87. The minimum atomic E-state index is -0.250. The van der Waals surface area contributed by atoms with E-state index in [0.717, 1.165) is 11.1 Å². The lowest BCUT2D eigenvalue weighted by atomic mass is 10.5. The molecule has 52 valence electrons. The molecule has 0 aromatic carbocycles. The van der Waals surface area contributed by atoms with Gasteiger partial charge >= 0.3 is 0 Å². The van der Waals surface area contributed by atoms with Crippen molar-refractivity contribution >= 4 is 6.47 Å². The van der Waals surface area contributed by atoms with Gasteiger partial charge in [-0.1, -0.05) is 6.07 Å². The molecule has 0 saturated carbocycles. The lowest BCUT2D eigenvalue weighted by molar-refractivity contribution is -0.122. The summed E-state index contributed by atoms with van der Waals surface area (Å²) >= 11 is 0. The number of hydrogen-bond donors (Lipinski definition) is 1. The number of halogens is 1. The predicted octanol–water partition coefficient (Wildman–Crippen LogP) is 1.51. The Hall–Kier alpha value is -1.38. The van der Waals surface area contributed by atoms with Crippen LogP contribution in [0.4, 0.5) is 4.39 Å². The van der Waals surface area contributed by atoms with E-state index in [0.29, 0.717) is 0 Å². The second-order valence-electron chi connectivity index (χ2n) is 1.80. The van der Waals surface area contributed by atoms with Crippen LogP contribution in [0.2, 0.25) is 0 Å². The van der Waals surface area contributed by atoms with E-state index in [4.69, 9.17) is 9.90 Å². The molecule has 0 unspecified atom stereocenters. The van der Waals surface area contributed by atoms with Gasteiger partial charge in [-0.05, 0) is 17.7 Å². The number of hydrogen-bond acceptors (Lipinski definition) is 1. The summed E-state index contributed by atoms with van der Waals surface area (Å²) in [5.74, 6) is -0.0741. The zero-order chi connectivity index (χ0) is 7.56. The molecular weight excluding hydrogens is 135 g/mol. The molecule has 0 aromatic rings. The fourth-order valence-corrected chi connectivity index (χ4v) is 0.717. The maximum Gasteiger partial charge on any atom is 0.290 e. The van der Waals surface area contributed by atoms with Gasteiger partial charge in [-0.15, -0.1) is 0 Å². The Bertz CT molecular complexity index is 258. The highest BCUT2D eigenvalue weighted by molar-refractivity contribution is 5.81. The van der Waals surface area contributed by atoms with Crippen LogP contribution in [0.5, 0.6) is 0 Å². The summed E-state index contributed by atoms with van der Waals surface area (Å²) in [4.78, 5) is 8.36. The number of carboxylic acid groups (broad SMARTS) is 1. The van der Waals surface area contributed by atoms with Crippen LogP contribution >= 0.6 is 0 Å². The predicted molar refractivity (Wildman–Crippen MR) is 34.1 cm³/mol. The van der Waals surface area contributed by atoms with Crippen molar-refractivity contribution in [3.8, 4) is 11.1 Å². The summed E-state index contributed by atoms with van der Waals surface area (Å²) in [6, 6.07) is 5.10. The molecule has 0 amide bonds. The normalized spacial score (nSPS) is 9.30. The Labute approximate surface area is 56.9 Å². The molecule has 0 aromatic heterocycles. The molecule has 0 fully saturated rings. The van der Waals surface area contributed by atoms with E-state index < -0.39 is 0 Å². The average molecular weight is 140 g/mol. The quantitative estimate of drug-likeness (QED) is 0.563. The highest BCUT2D eigenvalue weighted by atomic mass is 19.1. The van der Waals surface area contributed by atoms with Gasteiger partial charge in [0.15, 0.2) is 0 Å². The summed E-state index contributed by atoms with van der Waals surface area (Å²) in [6.07, 6.45) is 0. The Morgan fingerprint density at radius 2 is 2.10 bits per heavy atom. The van der Waals surface area contributed by atoms with E-state index >= 15 is 0 Å². The molecule has 0 heterocycles. The third-order valence-corrected chi connectivity index (χ3v) is 1.19. The smallest absolute Gasteiger partial charge is 0.290 e. The van der Waals surface area contributed by atoms with Gasteiger partial charge in [0.1, 0.15) is 5.82 Å². The minimum absolute atomic E-state index is 0.0741. The van der Waals surface area contributed by atoms with Gasteiger partial charge in [-0.2, -0.15) is 0 Å². The van der Waals surface area contributed by atoms with Gasteiger partial charge in [0, 0.05) is 5.56 Å². The lowest BCUT2D eigenvalue weighted by Gasteiger charge is -1.66. The van der Waals surface area contributed by atoms with Crippen LogP contribution in [0.25, 0.3) is 11.1 Å². The van der Waals surface area contributed by atoms with Crippen molar-refractivity contribution in [3.05, 3.63) is 24.0 Å². The molecule has 0 bridgehead atoms. The highest BCUT2D eigenvalue weighted by Gasteiger charge is 2.15. The highest BCUT2D eigenvalue weighted by Crippen LogP contribution is 2.36. The summed E-state index contributed by atoms with van der Waals surface area (Å²) in [5, 5.41) is 6.89. The van der Waals surface area contributed by atoms with Crippen molar-refractivity contribution in [3.63, 3.8) is 0 Å². The molecule has 10 heavy (non-hydrogen) atoms. The summed E-state index contributed by atoms with van der Waals surface area (Å²) < 4.78 is 12.1. The van der Waals surface area contributed by atoms with Crippen LogP contribution < -0.4 is 0 Å². The molecule has 2 nitrogen and oxygen atoms in total. The van der Waals surface area contributed by atoms with Crippen LogP contribution in [0.1, 0.15) is 0 Å². The molecule has 1 N–H and O–H groups in total. The molecule has 0 atom stereocenters. The summed E-state index contributed by atoms with van der Waals surface area (Å²) in [7, 11) is 0. The van der Waals surface area contributed by atoms with Crippen molar-refractivity contribution < 1.29 is 14.3 Å². The monoisotopic (exact) mass is 140 g/mol. The Balaban J connectivity index is 0.000000148. The fourth-order valence-electron chi connectivity index (χ4n) is 0.717. The van der Waals surface area contributed by atoms with Crippen molar-refractivity contribution in [2.45, 2.75) is 0 Å². The Morgan fingerprint density at radius 1 is 1.50 bits per heavy atom. The van der Waals surface area contributed by atoms with Gasteiger partial charge in [-0.3, -0.25) is 4.79 Å². The minimum Gasteiger partial charge on any atom is -0.483 e. The fraction of sp³-hybridized carbons (Fsp3) is 0. The standard InChI is InChI=1S/C6H3F.CH2O2/c7-6-2-1-4-3-5(4)6;2-1-3/h1-3H;1H,(H,2,3). The first-order valence-electron chi connectivity index (χ1n) is 2.67. The third-order valence-electron chi connectivity index (χ3n) is 1.19. The van der Waals surface area contributed by atoms with E-state index in [1.165, 1.54) is 6.07 Å². The van der Waals surface area contributed by atoms with E-state index in [1.807, 2.05) is 6.07 Å². The lowest BCUT2D eigenvalue weighted by Crippen LogP contribution is -1.52. The van der Waals surface area contributed by atoms with Crippen molar-refractivity contribution in [1.29, 1.82) is 0 Å². The van der Waals surface area contributed by atoms with Crippen LogP contribution in [0.15, 0.2) is 18.2 Å². The van der Waals surface area contributed by atoms with E-state index in [9.17, 15) is 4.39 Å². The van der Waals surface area contributed by atoms with Crippen LogP contribution in [0, 0.1) is 5.82 Å². The molecule has 2 aliphatic carbocycles. The first kappa shape index (κ1) is 6.74. The molecule has 0 aliphatic heterocycles. The first-order valence-corrected chi connectivity index (χ1v) is 2.67. The van der Waals surface area contributed by atoms with Crippen LogP contribution in [-0.4, -0.2) is 11.6 Å². The third kappa shape index (κ3) is 1.13. The maximum absolute atomic E-state index is 12.1. The molecule has 0 radical (unpaired) electrons. The number of carbonyl (C=O) groups is 1. The maximum atomic E-state index is 12.1.